The number of hydrogen-bond donors (Lipinski definition) is 0. The highest BCUT2D eigenvalue weighted by Gasteiger charge is 2.19. The van der Waals surface area contributed by atoms with Crippen LogP contribution in [0.2, 0.25) is 0 Å². The van der Waals surface area contributed by atoms with E-state index >= 15 is 0 Å². The smallest absolute Gasteiger partial charge is 0.161 e. The lowest BCUT2D eigenvalue weighted by Gasteiger charge is -2.20. The van der Waals surface area contributed by atoms with Gasteiger partial charge in [-0.1, -0.05) is 15.9 Å². The number of hydrogen-bond acceptors (Lipinski definition) is 4. The summed E-state index contributed by atoms with van der Waals surface area (Å²) in [5.74, 6) is 1.26. The summed E-state index contributed by atoms with van der Waals surface area (Å²) in [6.07, 6.45) is 0. The lowest BCUT2D eigenvalue weighted by molar-refractivity contribution is 0.343. The van der Waals surface area contributed by atoms with E-state index in [4.69, 9.17) is 9.47 Å². The van der Waals surface area contributed by atoms with Crippen LogP contribution in [-0.2, 0) is 0 Å². The Kier molecular flexibility index (Phi) is 4.79. The summed E-state index contributed by atoms with van der Waals surface area (Å²) in [7, 11) is 6.87. The molecule has 0 aliphatic rings. The molecule has 5 heteroatoms. The summed E-state index contributed by atoms with van der Waals surface area (Å²) < 4.78 is 11.3. The van der Waals surface area contributed by atoms with Crippen molar-refractivity contribution >= 4 is 15.9 Å². The van der Waals surface area contributed by atoms with Crippen LogP contribution < -0.4 is 9.47 Å². The molecule has 0 aliphatic carbocycles. The Bertz CT molecular complexity index is 441. The second kappa shape index (κ2) is 5.89. The molecule has 0 radical (unpaired) electrons. The van der Waals surface area contributed by atoms with Crippen LogP contribution in [0.4, 0.5) is 0 Å². The minimum absolute atomic E-state index is 0.329. The molecule has 0 saturated carbocycles. The Morgan fingerprint density at radius 1 is 1.24 bits per heavy atom. The van der Waals surface area contributed by atoms with Crippen molar-refractivity contribution in [3.05, 3.63) is 22.2 Å². The Labute approximate surface area is 110 Å². The van der Waals surface area contributed by atoms with E-state index in [1.54, 1.807) is 14.2 Å². The van der Waals surface area contributed by atoms with Crippen LogP contribution in [0.15, 0.2) is 16.6 Å². The predicted molar refractivity (Wildman–Crippen MR) is 69.3 cm³/mol. The second-order valence-corrected chi connectivity index (χ2v) is 4.58. The number of halogens is 1. The number of methoxy groups -OCH3 is 2. The van der Waals surface area contributed by atoms with E-state index in [9.17, 15) is 5.26 Å². The highest BCUT2D eigenvalue weighted by atomic mass is 79.9. The maximum Gasteiger partial charge on any atom is 0.161 e. The van der Waals surface area contributed by atoms with Gasteiger partial charge in [0.25, 0.3) is 0 Å². The summed E-state index contributed by atoms with van der Waals surface area (Å²) in [4.78, 5) is 1.84. The van der Waals surface area contributed by atoms with Crippen LogP contribution in [0, 0.1) is 11.3 Å². The fourth-order valence-corrected chi connectivity index (χ4v) is 2.08. The molecule has 1 atom stereocenters. The molecule has 0 N–H and O–H groups in total. The van der Waals surface area contributed by atoms with Gasteiger partial charge in [0, 0.05) is 10.0 Å². The Morgan fingerprint density at radius 2 is 1.76 bits per heavy atom. The maximum absolute atomic E-state index is 9.18. The molecular weight excluding hydrogens is 284 g/mol. The van der Waals surface area contributed by atoms with E-state index in [-0.39, 0.29) is 6.04 Å². The van der Waals surface area contributed by atoms with E-state index < -0.39 is 0 Å². The van der Waals surface area contributed by atoms with E-state index in [0.29, 0.717) is 11.5 Å². The highest BCUT2D eigenvalue weighted by Crippen LogP contribution is 2.36. The SMILES string of the molecule is COc1cc(Br)c(C(C#N)N(C)C)cc1OC. The van der Waals surface area contributed by atoms with Gasteiger partial charge in [-0.25, -0.2) is 0 Å². The zero-order chi connectivity index (χ0) is 13.0. The summed E-state index contributed by atoms with van der Waals surface area (Å²) in [5, 5.41) is 9.18. The maximum atomic E-state index is 9.18. The van der Waals surface area contributed by atoms with Gasteiger partial charge in [0.15, 0.2) is 11.5 Å². The summed E-state index contributed by atoms with van der Waals surface area (Å²) in [5.41, 5.74) is 0.857. The zero-order valence-corrected chi connectivity index (χ0v) is 11.9. The monoisotopic (exact) mass is 298 g/mol. The first-order valence-electron chi connectivity index (χ1n) is 5.02. The van der Waals surface area contributed by atoms with E-state index in [2.05, 4.69) is 22.0 Å². The molecule has 0 fully saturated rings. The van der Waals surface area contributed by atoms with Crippen LogP contribution >= 0.6 is 15.9 Å². The van der Waals surface area contributed by atoms with Crippen molar-refractivity contribution in [1.29, 1.82) is 5.26 Å². The van der Waals surface area contributed by atoms with Gasteiger partial charge in [0.05, 0.1) is 20.3 Å². The zero-order valence-electron chi connectivity index (χ0n) is 10.3. The minimum Gasteiger partial charge on any atom is -0.493 e. The summed E-state index contributed by atoms with van der Waals surface area (Å²) >= 11 is 3.45. The average Bonchev–Trinajstić information content (AvgIpc) is 2.31. The van der Waals surface area contributed by atoms with Crippen LogP contribution in [0.25, 0.3) is 0 Å². The van der Waals surface area contributed by atoms with Crippen molar-refractivity contribution in [2.45, 2.75) is 6.04 Å². The third kappa shape index (κ3) is 2.90. The summed E-state index contributed by atoms with van der Waals surface area (Å²) in [6, 6.07) is 5.54. The van der Waals surface area contributed by atoms with Crippen molar-refractivity contribution in [2.75, 3.05) is 28.3 Å². The third-order valence-corrected chi connectivity index (χ3v) is 3.12. The highest BCUT2D eigenvalue weighted by molar-refractivity contribution is 9.10. The molecule has 1 aromatic rings. The van der Waals surface area contributed by atoms with Crippen molar-refractivity contribution in [3.8, 4) is 17.6 Å². The number of nitriles is 1. The van der Waals surface area contributed by atoms with Crippen LogP contribution in [-0.4, -0.2) is 33.2 Å². The number of ether oxygens (including phenoxy) is 2. The molecule has 17 heavy (non-hydrogen) atoms. The molecule has 1 rings (SSSR count). The number of benzene rings is 1. The minimum atomic E-state index is -0.329. The molecule has 0 aliphatic heterocycles. The molecule has 0 bridgehead atoms. The fraction of sp³-hybridized carbons (Fsp3) is 0.417. The molecule has 0 aromatic heterocycles. The van der Waals surface area contributed by atoms with Gasteiger partial charge >= 0.3 is 0 Å². The first-order valence-corrected chi connectivity index (χ1v) is 5.82. The standard InChI is InChI=1S/C12H15BrN2O2/c1-15(2)10(7-14)8-5-11(16-3)12(17-4)6-9(8)13/h5-6,10H,1-4H3. The lowest BCUT2D eigenvalue weighted by Crippen LogP contribution is -2.18. The van der Waals surface area contributed by atoms with Gasteiger partial charge in [0.1, 0.15) is 6.04 Å². The van der Waals surface area contributed by atoms with E-state index in [1.807, 2.05) is 31.1 Å². The summed E-state index contributed by atoms with van der Waals surface area (Å²) in [6.45, 7) is 0. The van der Waals surface area contributed by atoms with E-state index in [1.165, 1.54) is 0 Å². The Hall–Kier alpha value is -1.25. The molecule has 1 unspecified atom stereocenters. The van der Waals surface area contributed by atoms with Gasteiger partial charge in [-0.05, 0) is 26.2 Å². The van der Waals surface area contributed by atoms with Crippen molar-refractivity contribution in [2.24, 2.45) is 0 Å². The van der Waals surface area contributed by atoms with Gasteiger partial charge in [-0.2, -0.15) is 5.26 Å². The predicted octanol–water partition coefficient (Wildman–Crippen LogP) is 2.59. The molecular formula is C12H15BrN2O2. The van der Waals surface area contributed by atoms with Gasteiger partial charge in [-0.3, -0.25) is 4.90 Å². The molecule has 4 nitrogen and oxygen atoms in total. The molecule has 0 heterocycles. The van der Waals surface area contributed by atoms with Gasteiger partial charge in [-0.15, -0.1) is 0 Å². The molecule has 92 valence electrons. The average molecular weight is 299 g/mol. The van der Waals surface area contributed by atoms with Gasteiger partial charge in [0.2, 0.25) is 0 Å². The van der Waals surface area contributed by atoms with Crippen LogP contribution in [0.5, 0.6) is 11.5 Å². The number of nitrogens with zero attached hydrogens (tertiary/aromatic N) is 2. The van der Waals surface area contributed by atoms with E-state index in [0.717, 1.165) is 10.0 Å². The van der Waals surface area contributed by atoms with Crippen molar-refractivity contribution in [1.82, 2.24) is 4.90 Å². The normalized spacial score (nSPS) is 12.1. The molecule has 0 amide bonds. The molecule has 0 saturated heterocycles. The first-order chi connectivity index (χ1) is 8.04. The quantitative estimate of drug-likeness (QED) is 0.857. The first kappa shape index (κ1) is 13.8. The number of rotatable bonds is 4. The van der Waals surface area contributed by atoms with Crippen LogP contribution in [0.3, 0.4) is 0 Å². The second-order valence-electron chi connectivity index (χ2n) is 3.72. The third-order valence-electron chi connectivity index (χ3n) is 2.44. The fourth-order valence-electron chi connectivity index (χ4n) is 1.54. The van der Waals surface area contributed by atoms with Crippen molar-refractivity contribution < 1.29 is 9.47 Å². The Morgan fingerprint density at radius 3 is 2.18 bits per heavy atom. The molecule has 1 aromatic carbocycles. The van der Waals surface area contributed by atoms with Gasteiger partial charge < -0.3 is 9.47 Å². The molecule has 0 spiro atoms. The topological polar surface area (TPSA) is 45.5 Å². The largest absolute Gasteiger partial charge is 0.493 e. The Balaban J connectivity index is 3.30. The lowest BCUT2D eigenvalue weighted by atomic mass is 10.1. The van der Waals surface area contributed by atoms with Crippen molar-refractivity contribution in [3.63, 3.8) is 0 Å². The van der Waals surface area contributed by atoms with Crippen LogP contribution in [0.1, 0.15) is 11.6 Å².